The summed E-state index contributed by atoms with van der Waals surface area (Å²) in [5.74, 6) is -0.766. The fraction of sp³-hybridized carbons (Fsp3) is 0.568. The van der Waals surface area contributed by atoms with Crippen molar-refractivity contribution in [3.8, 4) is 0 Å². The highest BCUT2D eigenvalue weighted by molar-refractivity contribution is 7.88. The van der Waals surface area contributed by atoms with Gasteiger partial charge in [-0.05, 0) is 67.9 Å². The van der Waals surface area contributed by atoms with E-state index in [1.54, 1.807) is 22.9 Å². The lowest BCUT2D eigenvalue weighted by molar-refractivity contribution is -0.143. The molecule has 2 aromatic carbocycles. The largest absolute Gasteiger partial charge is 0.436 e. The predicted octanol–water partition coefficient (Wildman–Crippen LogP) is 2.61. The number of carbonyl (C=O) groups is 3. The number of aromatic nitrogens is 1. The minimum Gasteiger partial charge on any atom is -0.436 e. The first-order valence-corrected chi connectivity index (χ1v) is 20.4. The molecule has 0 saturated carbocycles. The maximum atomic E-state index is 14.2. The summed E-state index contributed by atoms with van der Waals surface area (Å²) >= 11 is 0. The average molecular weight is 752 g/mol. The van der Waals surface area contributed by atoms with Crippen LogP contribution in [0.2, 0.25) is 0 Å². The van der Waals surface area contributed by atoms with Gasteiger partial charge in [-0.2, -0.15) is 0 Å². The van der Waals surface area contributed by atoms with Crippen molar-refractivity contribution in [2.24, 2.45) is 7.05 Å². The van der Waals surface area contributed by atoms with E-state index in [9.17, 15) is 27.6 Å². The Morgan fingerprint density at radius 3 is 2.28 bits per heavy atom. The molecule has 5 heterocycles. The molecular formula is C37H49N7O8S. The number of anilines is 1. The van der Waals surface area contributed by atoms with Crippen molar-refractivity contribution in [3.05, 3.63) is 63.6 Å². The molecule has 1 unspecified atom stereocenters. The Morgan fingerprint density at radius 2 is 1.58 bits per heavy atom. The van der Waals surface area contributed by atoms with Crippen molar-refractivity contribution in [2.75, 3.05) is 70.5 Å². The number of piperazine rings is 1. The number of rotatable bonds is 7. The molecule has 0 spiro atoms. The number of urea groups is 1. The molecular weight excluding hydrogens is 703 g/mol. The minimum atomic E-state index is -3.21. The molecule has 3 aromatic rings. The number of nitrogens with one attached hydrogen (secondary N) is 1. The third-order valence-electron chi connectivity index (χ3n) is 11.4. The van der Waals surface area contributed by atoms with Crippen LogP contribution in [0, 0.1) is 6.92 Å². The van der Waals surface area contributed by atoms with E-state index < -0.39 is 28.0 Å². The number of sulfonamides is 1. The van der Waals surface area contributed by atoms with Crippen LogP contribution in [0.1, 0.15) is 42.4 Å². The highest BCUT2D eigenvalue weighted by Crippen LogP contribution is 2.27. The number of oxazole rings is 1. The Kier molecular flexibility index (Phi) is 10.6. The molecule has 16 heteroatoms. The number of aryl methyl sites for hydroxylation is 2. The fourth-order valence-corrected chi connectivity index (χ4v) is 9.31. The standard InChI is InChI=1S/C37H49N7O8S/c1-25-22-26(23-31-33(25)39(2)36(47)51-31)24-32(34(45)41-20-18-40(19-21-41)28-11-15-43(16-12-28)53(3,49)50)52-37(48)42-13-9-29(10-14-42)44-17-8-27-6-4-5-7-30(27)38-35(44)46/h4-7,22-23,28-29,32H,8-21,24H2,1-3H3,(H,38,46). The molecule has 3 saturated heterocycles. The summed E-state index contributed by atoms with van der Waals surface area (Å²) in [4.78, 5) is 60.9. The first-order valence-electron chi connectivity index (χ1n) is 18.5. The molecule has 4 aliphatic heterocycles. The van der Waals surface area contributed by atoms with Crippen molar-refractivity contribution >= 4 is 44.8 Å². The van der Waals surface area contributed by atoms with Crippen molar-refractivity contribution in [3.63, 3.8) is 0 Å². The highest BCUT2D eigenvalue weighted by atomic mass is 32.2. The third-order valence-corrected chi connectivity index (χ3v) is 12.7. The fourth-order valence-electron chi connectivity index (χ4n) is 8.44. The average Bonchev–Trinajstić information content (AvgIpc) is 3.32. The van der Waals surface area contributed by atoms with Crippen LogP contribution in [0.4, 0.5) is 15.3 Å². The second kappa shape index (κ2) is 15.1. The van der Waals surface area contributed by atoms with Gasteiger partial charge in [0.15, 0.2) is 11.7 Å². The third kappa shape index (κ3) is 7.94. The van der Waals surface area contributed by atoms with Crippen LogP contribution in [0.3, 0.4) is 0 Å². The summed E-state index contributed by atoms with van der Waals surface area (Å²) in [6.07, 6.45) is 3.08. The lowest BCUT2D eigenvalue weighted by atomic mass is 10.0. The zero-order chi connectivity index (χ0) is 37.4. The number of hydrogen-bond donors (Lipinski definition) is 1. The smallest absolute Gasteiger partial charge is 0.419 e. The summed E-state index contributed by atoms with van der Waals surface area (Å²) in [6, 6.07) is 11.5. The lowest BCUT2D eigenvalue weighted by Gasteiger charge is -2.43. The van der Waals surface area contributed by atoms with Crippen LogP contribution in [-0.4, -0.2) is 138 Å². The van der Waals surface area contributed by atoms with Crippen LogP contribution in [0.25, 0.3) is 11.1 Å². The minimum absolute atomic E-state index is 0.0315. The summed E-state index contributed by atoms with van der Waals surface area (Å²) in [7, 11) is -1.57. The number of carbonyl (C=O) groups excluding carboxylic acids is 3. The van der Waals surface area contributed by atoms with E-state index in [0.29, 0.717) is 88.4 Å². The molecule has 15 nitrogen and oxygen atoms in total. The van der Waals surface area contributed by atoms with Crippen molar-refractivity contribution in [1.82, 2.24) is 28.5 Å². The highest BCUT2D eigenvalue weighted by Gasteiger charge is 2.37. The molecule has 0 bridgehead atoms. The first kappa shape index (κ1) is 36.9. The van der Waals surface area contributed by atoms with Crippen molar-refractivity contribution in [1.29, 1.82) is 0 Å². The molecule has 3 fully saturated rings. The molecule has 0 radical (unpaired) electrons. The molecule has 53 heavy (non-hydrogen) atoms. The second-order valence-corrected chi connectivity index (χ2v) is 16.7. The van der Waals surface area contributed by atoms with Gasteiger partial charge >= 0.3 is 17.9 Å². The van der Waals surface area contributed by atoms with Gasteiger partial charge in [0, 0.05) is 90.1 Å². The molecule has 286 valence electrons. The Balaban J connectivity index is 1.01. The maximum absolute atomic E-state index is 14.2. The van der Waals surface area contributed by atoms with E-state index in [2.05, 4.69) is 10.2 Å². The first-order chi connectivity index (χ1) is 25.4. The van der Waals surface area contributed by atoms with Crippen LogP contribution >= 0.6 is 0 Å². The van der Waals surface area contributed by atoms with Gasteiger partial charge in [0.25, 0.3) is 5.91 Å². The molecule has 4 aliphatic rings. The van der Waals surface area contributed by atoms with Gasteiger partial charge < -0.3 is 29.2 Å². The second-order valence-electron chi connectivity index (χ2n) is 14.8. The van der Waals surface area contributed by atoms with Crippen LogP contribution in [-0.2, 0) is 39.4 Å². The molecule has 1 N–H and O–H groups in total. The normalized spacial score (nSPS) is 20.6. The van der Waals surface area contributed by atoms with E-state index in [4.69, 9.17) is 9.15 Å². The Bertz CT molecular complexity index is 2020. The Labute approximate surface area is 309 Å². The molecule has 7 rings (SSSR count). The Morgan fingerprint density at radius 1 is 0.906 bits per heavy atom. The maximum Gasteiger partial charge on any atom is 0.419 e. The van der Waals surface area contributed by atoms with Gasteiger partial charge in [-0.3, -0.25) is 14.3 Å². The van der Waals surface area contributed by atoms with Crippen LogP contribution in [0.15, 0.2) is 45.6 Å². The van der Waals surface area contributed by atoms with Gasteiger partial charge in [-0.1, -0.05) is 24.3 Å². The van der Waals surface area contributed by atoms with Crippen LogP contribution in [0.5, 0.6) is 0 Å². The molecule has 4 amide bonds. The number of para-hydroxylation sites is 1. The van der Waals surface area contributed by atoms with E-state index in [-0.39, 0.29) is 30.4 Å². The zero-order valence-corrected chi connectivity index (χ0v) is 31.5. The summed E-state index contributed by atoms with van der Waals surface area (Å²) < 4.78 is 38.5. The predicted molar refractivity (Wildman–Crippen MR) is 198 cm³/mol. The van der Waals surface area contributed by atoms with Gasteiger partial charge in [0.05, 0.1) is 11.8 Å². The van der Waals surface area contributed by atoms with E-state index in [1.165, 1.54) is 15.1 Å². The SMILES string of the molecule is Cc1cc(CC(OC(=O)N2CCC(N3CCc4ccccc4NC3=O)CC2)C(=O)N2CCN(C3CCN(S(C)(=O)=O)CC3)CC2)cc2oc(=O)n(C)c12. The van der Waals surface area contributed by atoms with Crippen LogP contribution < -0.4 is 11.1 Å². The number of ether oxygens (including phenoxy) is 1. The molecule has 0 aliphatic carbocycles. The quantitative estimate of drug-likeness (QED) is 0.383. The van der Waals surface area contributed by atoms with Gasteiger partial charge in [0.1, 0.15) is 0 Å². The van der Waals surface area contributed by atoms with E-state index in [0.717, 1.165) is 36.1 Å². The van der Waals surface area contributed by atoms with Crippen molar-refractivity contribution < 1.29 is 32.0 Å². The monoisotopic (exact) mass is 751 g/mol. The number of fused-ring (bicyclic) bond motifs is 2. The topological polar surface area (TPSA) is 158 Å². The number of likely N-dealkylation sites (tertiary alicyclic amines) is 1. The Hall–Kier alpha value is -4.41. The number of amides is 4. The molecule has 1 atom stereocenters. The summed E-state index contributed by atoms with van der Waals surface area (Å²) in [6.45, 7) is 6.40. The van der Waals surface area contributed by atoms with E-state index >= 15 is 0 Å². The number of nitrogens with zero attached hydrogens (tertiary/aromatic N) is 6. The number of benzene rings is 2. The van der Waals surface area contributed by atoms with Gasteiger partial charge in [0.2, 0.25) is 10.0 Å². The van der Waals surface area contributed by atoms with Gasteiger partial charge in [-0.25, -0.2) is 27.1 Å². The van der Waals surface area contributed by atoms with Gasteiger partial charge in [-0.15, -0.1) is 0 Å². The zero-order valence-electron chi connectivity index (χ0n) is 30.7. The van der Waals surface area contributed by atoms with Crippen molar-refractivity contribution in [2.45, 2.75) is 63.6 Å². The number of hydrogen-bond acceptors (Lipinski definition) is 9. The van der Waals surface area contributed by atoms with E-state index in [1.807, 2.05) is 42.2 Å². The lowest BCUT2D eigenvalue weighted by Crippen LogP contribution is -2.57. The summed E-state index contributed by atoms with van der Waals surface area (Å²) in [5.41, 5.74) is 4.52. The number of piperidine rings is 2. The summed E-state index contributed by atoms with van der Waals surface area (Å²) in [5, 5.41) is 3.03. The molecule has 1 aromatic heterocycles.